The molecular formula is C51H96NO3P. The second kappa shape index (κ2) is 36.0. The van der Waals surface area contributed by atoms with Gasteiger partial charge in [-0.2, -0.15) is 0 Å². The predicted molar refractivity (Wildman–Crippen MR) is 253 cm³/mol. The summed E-state index contributed by atoms with van der Waals surface area (Å²) in [4.78, 5) is 12.7. The standard InChI is InChI=1S/C51H96NO3P/c1-8-10-12-14-16-18-20-22-24-26-28-30-32-34-36-38-42-51(43-39-37-35-33-31-29-27-25-23-21-19-17-15-13-11-9-2)44-41-50(55-51)48(3)47-49(4)52(5)45-40-46-56(7,53)54-6/h16-19,22-25,48-50,53H,7-15,20-21,26-47H2,1-6H3/b18-16-,19-17-,24-22-,25-23-/t48?,49?,50-,56?/m1/s1. The third-order valence-corrected chi connectivity index (χ3v) is 14.1. The van der Waals surface area contributed by atoms with Crippen LogP contribution in [-0.4, -0.2) is 60.7 Å². The van der Waals surface area contributed by atoms with Crippen molar-refractivity contribution >= 4 is 13.6 Å². The van der Waals surface area contributed by atoms with Gasteiger partial charge in [0.25, 0.3) is 0 Å². The van der Waals surface area contributed by atoms with Crippen molar-refractivity contribution in [1.82, 2.24) is 4.90 Å². The second-order valence-electron chi connectivity index (χ2n) is 17.7. The summed E-state index contributed by atoms with van der Waals surface area (Å²) in [5.74, 6) is 0.553. The largest absolute Gasteiger partial charge is 0.371 e. The summed E-state index contributed by atoms with van der Waals surface area (Å²) in [5, 5.41) is 0. The van der Waals surface area contributed by atoms with Gasteiger partial charge < -0.3 is 19.1 Å². The van der Waals surface area contributed by atoms with Crippen LogP contribution >= 0.6 is 7.34 Å². The summed E-state index contributed by atoms with van der Waals surface area (Å²) in [6, 6.07) is 0.489. The first-order chi connectivity index (χ1) is 27.2. The average molecular weight is 802 g/mol. The van der Waals surface area contributed by atoms with Gasteiger partial charge in [-0.25, -0.2) is 0 Å². The van der Waals surface area contributed by atoms with E-state index < -0.39 is 7.34 Å². The summed E-state index contributed by atoms with van der Waals surface area (Å²) in [7, 11) is 1.37. The number of unbranched alkanes of at least 4 members (excludes halogenated alkanes) is 18. The first-order valence-corrected chi connectivity index (χ1v) is 26.2. The molecule has 328 valence electrons. The normalized spacial score (nSPS) is 18.4. The Balaban J connectivity index is 2.45. The van der Waals surface area contributed by atoms with Gasteiger partial charge in [0.1, 0.15) is 7.34 Å². The van der Waals surface area contributed by atoms with E-state index in [9.17, 15) is 4.89 Å². The Morgan fingerprint density at radius 3 is 1.55 bits per heavy atom. The highest BCUT2D eigenvalue weighted by Gasteiger charge is 2.41. The zero-order chi connectivity index (χ0) is 41.0. The Hall–Kier alpha value is -0.900. The monoisotopic (exact) mass is 802 g/mol. The fraction of sp³-hybridized carbons (Fsp3) is 0.824. The summed E-state index contributed by atoms with van der Waals surface area (Å²) >= 11 is 0. The van der Waals surface area contributed by atoms with Crippen LogP contribution in [0.5, 0.6) is 0 Å². The molecule has 1 saturated heterocycles. The first kappa shape index (κ1) is 53.1. The summed E-state index contributed by atoms with van der Waals surface area (Å²) in [5.41, 5.74) is 0.0982. The number of ether oxygens (including phenoxy) is 1. The molecule has 0 aromatic rings. The molecule has 1 aliphatic rings. The lowest BCUT2D eigenvalue weighted by molar-refractivity contribution is -0.0753. The highest BCUT2D eigenvalue weighted by atomic mass is 31.2. The number of rotatable bonds is 39. The highest BCUT2D eigenvalue weighted by molar-refractivity contribution is 7.63. The molecule has 0 spiro atoms. The molecule has 1 rings (SSSR count). The van der Waals surface area contributed by atoms with Crippen molar-refractivity contribution < 1.29 is 14.2 Å². The maximum absolute atomic E-state index is 10.2. The van der Waals surface area contributed by atoms with Gasteiger partial charge in [0, 0.05) is 19.3 Å². The Labute approximate surface area is 351 Å². The Kier molecular flexibility index (Phi) is 34.1. The summed E-state index contributed by atoms with van der Waals surface area (Å²) in [6.45, 7) is 10.3. The van der Waals surface area contributed by atoms with Crippen molar-refractivity contribution in [3.8, 4) is 0 Å². The van der Waals surface area contributed by atoms with E-state index in [1.54, 1.807) is 7.11 Å². The minimum absolute atomic E-state index is 0.0982. The van der Waals surface area contributed by atoms with Crippen LogP contribution in [0.25, 0.3) is 0 Å². The van der Waals surface area contributed by atoms with Crippen LogP contribution in [0.15, 0.2) is 48.6 Å². The molecule has 1 aliphatic heterocycles. The van der Waals surface area contributed by atoms with Crippen LogP contribution in [0.1, 0.15) is 220 Å². The Morgan fingerprint density at radius 2 is 1.11 bits per heavy atom. The smallest absolute Gasteiger partial charge is 0.114 e. The fourth-order valence-electron chi connectivity index (χ4n) is 8.36. The van der Waals surface area contributed by atoms with Crippen LogP contribution in [0, 0.1) is 5.92 Å². The zero-order valence-electron chi connectivity index (χ0n) is 38.3. The maximum Gasteiger partial charge on any atom is 0.114 e. The predicted octanol–water partition coefficient (Wildman–Crippen LogP) is 16.0. The number of nitrogens with zero attached hydrogens (tertiary/aromatic N) is 1. The quantitative estimate of drug-likeness (QED) is 0.0382. The minimum atomic E-state index is -2.43. The molecule has 0 radical (unpaired) electrons. The number of hydrogen-bond acceptors (Lipinski definition) is 4. The molecule has 1 heterocycles. The van der Waals surface area contributed by atoms with E-state index in [2.05, 4.69) is 94.6 Å². The number of allylic oxidation sites excluding steroid dienone is 8. The minimum Gasteiger partial charge on any atom is -0.371 e. The molecule has 4 atom stereocenters. The lowest BCUT2D eigenvalue weighted by Crippen LogP contribution is -2.35. The highest BCUT2D eigenvalue weighted by Crippen LogP contribution is 2.43. The lowest BCUT2D eigenvalue weighted by atomic mass is 9.86. The van der Waals surface area contributed by atoms with Gasteiger partial charge in [-0.15, -0.1) is 0 Å². The van der Waals surface area contributed by atoms with Crippen molar-refractivity contribution in [1.29, 1.82) is 0 Å². The van der Waals surface area contributed by atoms with Gasteiger partial charge in [0.15, 0.2) is 0 Å². The van der Waals surface area contributed by atoms with E-state index in [1.807, 2.05) is 0 Å². The average Bonchev–Trinajstić information content (AvgIpc) is 3.61. The van der Waals surface area contributed by atoms with E-state index in [-0.39, 0.29) is 5.60 Å². The van der Waals surface area contributed by atoms with Crippen molar-refractivity contribution in [2.75, 3.05) is 26.9 Å². The third kappa shape index (κ3) is 29.3. The van der Waals surface area contributed by atoms with Gasteiger partial charge in [-0.05, 0) is 129 Å². The fourth-order valence-corrected chi connectivity index (χ4v) is 9.18. The van der Waals surface area contributed by atoms with Gasteiger partial charge >= 0.3 is 0 Å². The molecule has 4 nitrogen and oxygen atoms in total. The molecule has 0 aromatic heterocycles. The maximum atomic E-state index is 10.2. The van der Waals surface area contributed by atoms with Crippen LogP contribution < -0.4 is 0 Å². The molecule has 56 heavy (non-hydrogen) atoms. The van der Waals surface area contributed by atoms with Crippen LogP contribution in [0.4, 0.5) is 0 Å². The van der Waals surface area contributed by atoms with Crippen LogP contribution in [-0.2, 0) is 9.26 Å². The molecular weight excluding hydrogens is 706 g/mol. The molecule has 1 N–H and O–H groups in total. The van der Waals surface area contributed by atoms with E-state index in [1.165, 1.54) is 167 Å². The van der Waals surface area contributed by atoms with E-state index >= 15 is 0 Å². The molecule has 0 amide bonds. The first-order valence-electron chi connectivity index (χ1n) is 24.2. The van der Waals surface area contributed by atoms with E-state index in [0.717, 1.165) is 32.2 Å². The zero-order valence-corrected chi connectivity index (χ0v) is 39.2. The molecule has 1 fully saturated rings. The lowest BCUT2D eigenvalue weighted by Gasteiger charge is -2.33. The second-order valence-corrected chi connectivity index (χ2v) is 20.2. The molecule has 0 aliphatic carbocycles. The van der Waals surface area contributed by atoms with Crippen LogP contribution in [0.2, 0.25) is 0 Å². The van der Waals surface area contributed by atoms with Gasteiger partial charge in [0.05, 0.1) is 11.7 Å². The van der Waals surface area contributed by atoms with Crippen molar-refractivity contribution in [2.45, 2.75) is 238 Å². The molecule has 5 heteroatoms. The third-order valence-electron chi connectivity index (χ3n) is 12.4. The Morgan fingerprint density at radius 1 is 0.679 bits per heavy atom. The summed E-state index contributed by atoms with van der Waals surface area (Å²) in [6.07, 6.45) is 62.2. The Bertz CT molecular complexity index is 1000. The van der Waals surface area contributed by atoms with Crippen LogP contribution in [0.3, 0.4) is 0 Å². The van der Waals surface area contributed by atoms with Gasteiger partial charge in [-0.1, -0.05) is 166 Å². The van der Waals surface area contributed by atoms with E-state index in [0.29, 0.717) is 24.2 Å². The molecule has 0 saturated carbocycles. The summed E-state index contributed by atoms with van der Waals surface area (Å²) < 4.78 is 12.4. The van der Waals surface area contributed by atoms with Crippen molar-refractivity contribution in [2.24, 2.45) is 5.92 Å². The van der Waals surface area contributed by atoms with Crippen molar-refractivity contribution in [3.05, 3.63) is 48.6 Å². The number of hydrogen-bond donors (Lipinski definition) is 1. The SMILES string of the molecule is C=P(O)(CCCN(C)C(C)CC(C)[C@H]1CCC(CCCCCCCC/C=C\C/C=C\CCCCC)(CCCCCCCC/C=C\C/C=C\CCCCC)O1)OC. The molecule has 0 aromatic carbocycles. The van der Waals surface area contributed by atoms with E-state index in [4.69, 9.17) is 9.26 Å². The molecule has 3 unspecified atom stereocenters. The van der Waals surface area contributed by atoms with Crippen molar-refractivity contribution in [3.63, 3.8) is 0 Å². The molecule has 0 bridgehead atoms. The topological polar surface area (TPSA) is 41.9 Å². The van der Waals surface area contributed by atoms with Gasteiger partial charge in [0.2, 0.25) is 0 Å². The van der Waals surface area contributed by atoms with Gasteiger partial charge in [-0.3, -0.25) is 0 Å².